The predicted molar refractivity (Wildman–Crippen MR) is 70.4 cm³/mol. The van der Waals surface area contributed by atoms with Gasteiger partial charge in [0.15, 0.2) is 0 Å². The number of nitrogens with one attached hydrogen (secondary N) is 2. The van der Waals surface area contributed by atoms with Crippen LogP contribution in [0.15, 0.2) is 46.5 Å². The number of rotatable bonds is 5. The van der Waals surface area contributed by atoms with E-state index < -0.39 is 20.0 Å². The van der Waals surface area contributed by atoms with E-state index in [0.717, 1.165) is 0 Å². The minimum Gasteiger partial charge on any atom is -0.284 e. The summed E-state index contributed by atoms with van der Waals surface area (Å²) in [5, 5.41) is 11.0. The van der Waals surface area contributed by atoms with Gasteiger partial charge in [-0.3, -0.25) is 5.10 Å². The highest BCUT2D eigenvalue weighted by molar-refractivity contribution is 7.89. The summed E-state index contributed by atoms with van der Waals surface area (Å²) in [5.74, 6) is 0. The molecule has 108 valence electrons. The Bertz CT molecular complexity index is 798. The van der Waals surface area contributed by atoms with Gasteiger partial charge in [-0.25, -0.2) is 26.7 Å². The van der Waals surface area contributed by atoms with Crippen LogP contribution in [0.3, 0.4) is 0 Å². The molecule has 4 N–H and O–H groups in total. The first-order valence-corrected chi connectivity index (χ1v) is 8.42. The zero-order valence-electron chi connectivity index (χ0n) is 10.1. The highest BCUT2D eigenvalue weighted by atomic mass is 32.2. The van der Waals surface area contributed by atoms with Crippen molar-refractivity contribution in [2.24, 2.45) is 5.14 Å². The number of benzene rings is 1. The van der Waals surface area contributed by atoms with Gasteiger partial charge in [-0.15, -0.1) is 0 Å². The Morgan fingerprint density at radius 1 is 1.20 bits per heavy atom. The van der Waals surface area contributed by atoms with Crippen molar-refractivity contribution >= 4 is 20.0 Å². The summed E-state index contributed by atoms with van der Waals surface area (Å²) in [4.78, 5) is -0.0717. The quantitative estimate of drug-likeness (QED) is 0.685. The number of hydrogen-bond acceptors (Lipinski definition) is 5. The first-order chi connectivity index (χ1) is 9.29. The Labute approximate surface area is 116 Å². The minimum absolute atomic E-state index is 0.0000935. The maximum Gasteiger partial charge on any atom is 0.243 e. The lowest BCUT2D eigenvalue weighted by Crippen LogP contribution is -2.23. The van der Waals surface area contributed by atoms with Crippen molar-refractivity contribution in [2.75, 3.05) is 0 Å². The van der Waals surface area contributed by atoms with E-state index in [-0.39, 0.29) is 16.3 Å². The zero-order chi connectivity index (χ0) is 14.8. The number of aromatic nitrogens is 2. The number of H-pyrrole nitrogens is 1. The average Bonchev–Trinajstić information content (AvgIpc) is 2.90. The molecule has 1 aromatic carbocycles. The molecule has 0 unspecified atom stereocenters. The minimum atomic E-state index is -3.81. The van der Waals surface area contributed by atoms with Crippen LogP contribution in [0, 0.1) is 0 Å². The summed E-state index contributed by atoms with van der Waals surface area (Å²) in [6, 6.07) is 5.73. The number of nitrogens with two attached hydrogens (primary N) is 1. The third-order valence-corrected chi connectivity index (χ3v) is 4.76. The normalized spacial score (nSPS) is 12.4. The van der Waals surface area contributed by atoms with Crippen LogP contribution in [0.1, 0.15) is 5.56 Å². The van der Waals surface area contributed by atoms with Gasteiger partial charge in [-0.05, 0) is 17.7 Å². The molecule has 0 spiro atoms. The summed E-state index contributed by atoms with van der Waals surface area (Å²) >= 11 is 0. The molecule has 0 atom stereocenters. The van der Waals surface area contributed by atoms with Crippen molar-refractivity contribution in [3.63, 3.8) is 0 Å². The summed E-state index contributed by atoms with van der Waals surface area (Å²) in [6.45, 7) is -0.0587. The van der Waals surface area contributed by atoms with Gasteiger partial charge in [0, 0.05) is 12.7 Å². The van der Waals surface area contributed by atoms with Crippen LogP contribution in [0.2, 0.25) is 0 Å². The van der Waals surface area contributed by atoms with Gasteiger partial charge >= 0.3 is 0 Å². The van der Waals surface area contributed by atoms with Gasteiger partial charge in [0.05, 0.1) is 11.1 Å². The van der Waals surface area contributed by atoms with Crippen LogP contribution in [0.4, 0.5) is 0 Å². The largest absolute Gasteiger partial charge is 0.284 e. The van der Waals surface area contributed by atoms with E-state index >= 15 is 0 Å². The van der Waals surface area contributed by atoms with Crippen LogP contribution >= 0.6 is 0 Å². The third-order valence-electron chi connectivity index (χ3n) is 2.48. The Balaban J connectivity index is 2.16. The molecule has 0 radical (unpaired) electrons. The molecule has 0 amide bonds. The summed E-state index contributed by atoms with van der Waals surface area (Å²) in [5.41, 5.74) is 0.476. The second-order valence-corrected chi connectivity index (χ2v) is 7.28. The number of hydrogen-bond donors (Lipinski definition) is 3. The van der Waals surface area contributed by atoms with Crippen molar-refractivity contribution in [2.45, 2.75) is 16.3 Å². The molecular formula is C10H12N4O4S2. The van der Waals surface area contributed by atoms with Crippen LogP contribution in [0.5, 0.6) is 0 Å². The monoisotopic (exact) mass is 316 g/mol. The van der Waals surface area contributed by atoms with E-state index in [1.807, 2.05) is 0 Å². The smallest absolute Gasteiger partial charge is 0.243 e. The maximum atomic E-state index is 11.8. The topological polar surface area (TPSA) is 135 Å². The predicted octanol–water partition coefficient (Wildman–Crippen LogP) is -0.464. The molecule has 2 aromatic rings. The number of sulfonamides is 2. The first kappa shape index (κ1) is 14.7. The van der Waals surface area contributed by atoms with Gasteiger partial charge in [-0.2, -0.15) is 5.10 Å². The SMILES string of the molecule is NS(=O)(=O)c1cccc(CNS(=O)(=O)c2cn[nH]c2)c1. The maximum absolute atomic E-state index is 11.8. The fourth-order valence-corrected chi connectivity index (χ4v) is 2.99. The molecule has 2 rings (SSSR count). The van der Waals surface area contributed by atoms with Crippen LogP contribution < -0.4 is 9.86 Å². The fourth-order valence-electron chi connectivity index (χ4n) is 1.48. The van der Waals surface area contributed by atoms with Gasteiger partial charge in [0.25, 0.3) is 0 Å². The van der Waals surface area contributed by atoms with Gasteiger partial charge in [0.1, 0.15) is 4.90 Å². The van der Waals surface area contributed by atoms with Crippen LogP contribution in [-0.2, 0) is 26.6 Å². The van der Waals surface area contributed by atoms with E-state index in [9.17, 15) is 16.8 Å². The second kappa shape index (κ2) is 5.32. The second-order valence-electron chi connectivity index (χ2n) is 3.95. The molecule has 20 heavy (non-hydrogen) atoms. The molecule has 0 fully saturated rings. The third kappa shape index (κ3) is 3.42. The van der Waals surface area contributed by atoms with Crippen molar-refractivity contribution in [1.82, 2.24) is 14.9 Å². The highest BCUT2D eigenvalue weighted by Crippen LogP contribution is 2.11. The Hall–Kier alpha value is -1.75. The van der Waals surface area contributed by atoms with E-state index in [1.165, 1.54) is 30.6 Å². The van der Waals surface area contributed by atoms with Crippen LogP contribution in [0.25, 0.3) is 0 Å². The lowest BCUT2D eigenvalue weighted by Gasteiger charge is -2.06. The Morgan fingerprint density at radius 3 is 2.55 bits per heavy atom. The molecule has 1 aromatic heterocycles. The molecule has 1 heterocycles. The van der Waals surface area contributed by atoms with Crippen molar-refractivity contribution in [3.05, 3.63) is 42.2 Å². The zero-order valence-corrected chi connectivity index (χ0v) is 11.8. The molecular weight excluding hydrogens is 304 g/mol. The number of primary sulfonamides is 1. The first-order valence-electron chi connectivity index (χ1n) is 5.39. The standard InChI is InChI=1S/C10H12N4O4S2/c11-19(15,16)9-3-1-2-8(4-9)5-14-20(17,18)10-6-12-13-7-10/h1-4,6-7,14H,5H2,(H,12,13)(H2,11,15,16). The molecule has 0 aliphatic heterocycles. The lowest BCUT2D eigenvalue weighted by atomic mass is 10.2. The van der Waals surface area contributed by atoms with E-state index in [2.05, 4.69) is 14.9 Å². The van der Waals surface area contributed by atoms with Crippen molar-refractivity contribution in [3.8, 4) is 0 Å². The number of aromatic amines is 1. The Morgan fingerprint density at radius 2 is 1.95 bits per heavy atom. The van der Waals surface area contributed by atoms with E-state index in [0.29, 0.717) is 5.56 Å². The molecule has 0 bridgehead atoms. The molecule has 8 nitrogen and oxygen atoms in total. The summed E-state index contributed by atoms with van der Waals surface area (Å²) in [7, 11) is -7.50. The molecule has 0 aliphatic rings. The molecule has 0 aliphatic carbocycles. The average molecular weight is 316 g/mol. The van der Waals surface area contributed by atoms with Gasteiger partial charge in [-0.1, -0.05) is 12.1 Å². The van der Waals surface area contributed by atoms with Gasteiger partial charge < -0.3 is 0 Å². The highest BCUT2D eigenvalue weighted by Gasteiger charge is 2.15. The molecule has 10 heteroatoms. The molecule has 0 saturated carbocycles. The van der Waals surface area contributed by atoms with Crippen LogP contribution in [-0.4, -0.2) is 27.0 Å². The van der Waals surface area contributed by atoms with E-state index in [4.69, 9.17) is 5.14 Å². The number of nitrogens with zero attached hydrogens (tertiary/aromatic N) is 1. The van der Waals surface area contributed by atoms with Gasteiger partial charge in [0.2, 0.25) is 20.0 Å². The lowest BCUT2D eigenvalue weighted by molar-refractivity contribution is 0.581. The van der Waals surface area contributed by atoms with Crippen molar-refractivity contribution < 1.29 is 16.8 Å². The fraction of sp³-hybridized carbons (Fsp3) is 0.100. The molecule has 0 saturated heterocycles. The van der Waals surface area contributed by atoms with Crippen molar-refractivity contribution in [1.29, 1.82) is 0 Å². The summed E-state index contributed by atoms with van der Waals surface area (Å²) < 4.78 is 48.4. The van der Waals surface area contributed by atoms with E-state index in [1.54, 1.807) is 6.07 Å². The summed E-state index contributed by atoms with van der Waals surface area (Å²) in [6.07, 6.45) is 2.41. The Kier molecular flexibility index (Phi) is 3.90.